The maximum Gasteiger partial charge on any atom is 0.266 e. The summed E-state index contributed by atoms with van der Waals surface area (Å²) in [5, 5.41) is 13.3. The molecule has 0 saturated carbocycles. The molecule has 4 heteroatoms. The van der Waals surface area contributed by atoms with Crippen LogP contribution in [-0.4, -0.2) is 16.8 Å². The van der Waals surface area contributed by atoms with Gasteiger partial charge in [0, 0.05) is 23.2 Å². The highest BCUT2D eigenvalue weighted by atomic mass is 16.3. The number of fused-ring (bicyclic) bond motifs is 1. The normalized spacial score (nSPS) is 26.6. The number of Topliss-reactive ketones (excluding diaryl/α,β-unsaturated/α-hetero) is 1. The number of rotatable bonds is 1. The number of hydrogen-bond acceptors (Lipinski definition) is 3. The first kappa shape index (κ1) is 11.2. The first-order valence-electron chi connectivity index (χ1n) is 6.01. The Hall–Kier alpha value is -1.94. The summed E-state index contributed by atoms with van der Waals surface area (Å²) >= 11 is 0. The van der Waals surface area contributed by atoms with Crippen molar-refractivity contribution in [1.82, 2.24) is 0 Å². The average Bonchev–Trinajstić information content (AvgIpc) is 2.63. The van der Waals surface area contributed by atoms with Crippen molar-refractivity contribution in [2.75, 3.05) is 5.32 Å². The Morgan fingerprint density at radius 1 is 1.22 bits per heavy atom. The molecule has 0 spiro atoms. The summed E-state index contributed by atoms with van der Waals surface area (Å²) in [6.07, 6.45) is 3.58. The van der Waals surface area contributed by atoms with E-state index in [0.29, 0.717) is 17.7 Å². The number of hydrogen-bond donors (Lipinski definition) is 2. The highest BCUT2D eigenvalue weighted by Gasteiger charge is 2.50. The van der Waals surface area contributed by atoms with E-state index in [2.05, 4.69) is 5.32 Å². The second-order valence-corrected chi connectivity index (χ2v) is 4.64. The molecule has 0 saturated heterocycles. The van der Waals surface area contributed by atoms with Crippen LogP contribution in [0.3, 0.4) is 0 Å². The van der Waals surface area contributed by atoms with Crippen molar-refractivity contribution in [3.05, 3.63) is 41.5 Å². The molecule has 0 aromatic heterocycles. The molecular weight excluding hydrogens is 230 g/mol. The van der Waals surface area contributed by atoms with Gasteiger partial charge in [0.15, 0.2) is 11.4 Å². The summed E-state index contributed by atoms with van der Waals surface area (Å²) in [6.45, 7) is 0. The van der Waals surface area contributed by atoms with Crippen LogP contribution in [0.25, 0.3) is 0 Å². The number of nitrogens with one attached hydrogen (secondary N) is 1. The van der Waals surface area contributed by atoms with Crippen LogP contribution in [0.4, 0.5) is 5.69 Å². The minimum Gasteiger partial charge on any atom is -0.372 e. The number of aliphatic hydroxyl groups is 1. The molecule has 18 heavy (non-hydrogen) atoms. The van der Waals surface area contributed by atoms with Crippen LogP contribution >= 0.6 is 0 Å². The lowest BCUT2D eigenvalue weighted by Crippen LogP contribution is -2.39. The van der Waals surface area contributed by atoms with Gasteiger partial charge in [0.1, 0.15) is 0 Å². The van der Waals surface area contributed by atoms with Crippen LogP contribution in [0.15, 0.2) is 35.9 Å². The van der Waals surface area contributed by atoms with Crippen molar-refractivity contribution in [3.63, 3.8) is 0 Å². The minimum atomic E-state index is -1.81. The molecule has 4 nitrogen and oxygen atoms in total. The van der Waals surface area contributed by atoms with Crippen LogP contribution in [0.2, 0.25) is 0 Å². The molecule has 1 aliphatic carbocycles. The molecule has 1 aliphatic heterocycles. The number of benzene rings is 1. The summed E-state index contributed by atoms with van der Waals surface area (Å²) in [4.78, 5) is 24.0. The SMILES string of the molecule is O=C1CCCC=C1C1(O)C(=O)Nc2ccccc21. The van der Waals surface area contributed by atoms with Crippen LogP contribution in [0, 0.1) is 0 Å². The Bertz CT molecular complexity index is 576. The first-order valence-corrected chi connectivity index (χ1v) is 6.01. The smallest absolute Gasteiger partial charge is 0.266 e. The Morgan fingerprint density at radius 2 is 2.00 bits per heavy atom. The maximum absolute atomic E-state index is 12.0. The Labute approximate surface area is 104 Å². The lowest BCUT2D eigenvalue weighted by molar-refractivity contribution is -0.133. The lowest BCUT2D eigenvalue weighted by atomic mass is 9.81. The topological polar surface area (TPSA) is 66.4 Å². The number of allylic oxidation sites excluding steroid dienone is 1. The predicted octanol–water partition coefficient (Wildman–Crippen LogP) is 1.51. The number of carbonyl (C=O) groups excluding carboxylic acids is 2. The highest BCUT2D eigenvalue weighted by molar-refractivity contribution is 6.14. The van der Waals surface area contributed by atoms with Crippen molar-refractivity contribution in [2.45, 2.75) is 24.9 Å². The summed E-state index contributed by atoms with van der Waals surface area (Å²) in [7, 11) is 0. The highest BCUT2D eigenvalue weighted by Crippen LogP contribution is 2.42. The van der Waals surface area contributed by atoms with E-state index in [-0.39, 0.29) is 11.4 Å². The summed E-state index contributed by atoms with van der Waals surface area (Å²) < 4.78 is 0. The third-order valence-corrected chi connectivity index (χ3v) is 3.54. The van der Waals surface area contributed by atoms with Crippen molar-refractivity contribution in [1.29, 1.82) is 0 Å². The Morgan fingerprint density at radius 3 is 2.78 bits per heavy atom. The minimum absolute atomic E-state index is 0.143. The molecule has 1 aromatic rings. The van der Waals surface area contributed by atoms with E-state index in [1.165, 1.54) is 0 Å². The van der Waals surface area contributed by atoms with Gasteiger partial charge in [-0.05, 0) is 18.9 Å². The van der Waals surface area contributed by atoms with Crippen molar-refractivity contribution >= 4 is 17.4 Å². The number of ketones is 1. The second kappa shape index (κ2) is 3.78. The van der Waals surface area contributed by atoms with Gasteiger partial charge < -0.3 is 10.4 Å². The molecule has 1 aromatic carbocycles. The number of para-hydroxylation sites is 1. The van der Waals surface area contributed by atoms with E-state index in [1.54, 1.807) is 30.3 Å². The van der Waals surface area contributed by atoms with E-state index in [0.717, 1.165) is 12.8 Å². The van der Waals surface area contributed by atoms with E-state index in [9.17, 15) is 14.7 Å². The molecule has 1 atom stereocenters. The number of amides is 1. The van der Waals surface area contributed by atoms with Crippen LogP contribution in [-0.2, 0) is 15.2 Å². The first-order chi connectivity index (χ1) is 8.64. The monoisotopic (exact) mass is 243 g/mol. The predicted molar refractivity (Wildman–Crippen MR) is 65.9 cm³/mol. The summed E-state index contributed by atoms with van der Waals surface area (Å²) in [5.74, 6) is -0.680. The third-order valence-electron chi connectivity index (χ3n) is 3.54. The fourth-order valence-electron chi connectivity index (χ4n) is 2.62. The summed E-state index contributed by atoms with van der Waals surface area (Å²) in [5.41, 5.74) is -0.550. The summed E-state index contributed by atoms with van der Waals surface area (Å²) in [6, 6.07) is 6.93. The van der Waals surface area contributed by atoms with Gasteiger partial charge in [-0.25, -0.2) is 0 Å². The Kier molecular flexibility index (Phi) is 2.35. The molecule has 92 valence electrons. The number of carbonyl (C=O) groups is 2. The van der Waals surface area contributed by atoms with Crippen molar-refractivity contribution in [2.24, 2.45) is 0 Å². The molecule has 2 aliphatic rings. The molecule has 0 radical (unpaired) electrons. The molecule has 0 bridgehead atoms. The van der Waals surface area contributed by atoms with Gasteiger partial charge in [-0.2, -0.15) is 0 Å². The zero-order chi connectivity index (χ0) is 12.8. The van der Waals surface area contributed by atoms with Gasteiger partial charge >= 0.3 is 0 Å². The van der Waals surface area contributed by atoms with E-state index in [4.69, 9.17) is 0 Å². The molecule has 2 N–H and O–H groups in total. The number of anilines is 1. The molecule has 1 amide bonds. The molecule has 1 heterocycles. The molecular formula is C14H13NO3. The fraction of sp³-hybridized carbons (Fsp3) is 0.286. The van der Waals surface area contributed by atoms with Gasteiger partial charge in [0.25, 0.3) is 5.91 Å². The van der Waals surface area contributed by atoms with Gasteiger partial charge in [-0.1, -0.05) is 24.3 Å². The van der Waals surface area contributed by atoms with Crippen LogP contribution in [0.5, 0.6) is 0 Å². The fourth-order valence-corrected chi connectivity index (χ4v) is 2.62. The largest absolute Gasteiger partial charge is 0.372 e. The van der Waals surface area contributed by atoms with E-state index >= 15 is 0 Å². The van der Waals surface area contributed by atoms with Crippen LogP contribution in [0.1, 0.15) is 24.8 Å². The maximum atomic E-state index is 12.0. The van der Waals surface area contributed by atoms with Gasteiger partial charge in [0.2, 0.25) is 0 Å². The standard InChI is InChI=1S/C14H13NO3/c16-12-8-4-2-6-10(12)14(18)9-5-1-3-7-11(9)15-13(14)17/h1,3,5-7,18H,2,4,8H2,(H,15,17). The van der Waals surface area contributed by atoms with Gasteiger partial charge in [0.05, 0.1) is 0 Å². The molecule has 0 fully saturated rings. The molecule has 1 unspecified atom stereocenters. The van der Waals surface area contributed by atoms with Crippen molar-refractivity contribution < 1.29 is 14.7 Å². The molecule has 3 rings (SSSR count). The quantitative estimate of drug-likeness (QED) is 0.785. The second-order valence-electron chi connectivity index (χ2n) is 4.64. The van der Waals surface area contributed by atoms with Gasteiger partial charge in [-0.15, -0.1) is 0 Å². The third kappa shape index (κ3) is 1.36. The Balaban J connectivity index is 2.17. The van der Waals surface area contributed by atoms with E-state index < -0.39 is 11.5 Å². The lowest BCUT2D eigenvalue weighted by Gasteiger charge is -2.25. The van der Waals surface area contributed by atoms with E-state index in [1.807, 2.05) is 0 Å². The van der Waals surface area contributed by atoms with Crippen molar-refractivity contribution in [3.8, 4) is 0 Å². The zero-order valence-corrected chi connectivity index (χ0v) is 9.77. The van der Waals surface area contributed by atoms with Gasteiger partial charge in [-0.3, -0.25) is 9.59 Å². The zero-order valence-electron chi connectivity index (χ0n) is 9.77. The average molecular weight is 243 g/mol. The van der Waals surface area contributed by atoms with Crippen LogP contribution < -0.4 is 5.32 Å².